The van der Waals surface area contributed by atoms with Crippen LogP contribution in [0.4, 0.5) is 5.69 Å². The molecule has 5 heterocycles. The molecule has 0 atom stereocenters. The molecule has 0 spiro atoms. The van der Waals surface area contributed by atoms with E-state index < -0.39 is 0 Å². The Hall–Kier alpha value is 0.266. The number of tetrazole rings is 1. The van der Waals surface area contributed by atoms with E-state index in [-0.39, 0.29) is 131 Å². The Morgan fingerprint density at radius 3 is 1.67 bits per heavy atom. The first kappa shape index (κ1) is 52.6. The van der Waals surface area contributed by atoms with Gasteiger partial charge in [0.1, 0.15) is 0 Å². The third kappa shape index (κ3) is 21.0. The van der Waals surface area contributed by atoms with Gasteiger partial charge in [-0.2, -0.15) is 17.5 Å². The fraction of sp³-hybridized carbons (Fsp3) is 0.545. The summed E-state index contributed by atoms with van der Waals surface area (Å²) in [6.45, 7) is 21.0. The summed E-state index contributed by atoms with van der Waals surface area (Å²) in [5.41, 5.74) is 6.26. The van der Waals surface area contributed by atoms with Crippen LogP contribution >= 0.6 is 0 Å². The molecular formula is C33H47N11Y4-4. The van der Waals surface area contributed by atoms with Gasteiger partial charge in [-0.15, -0.1) is 12.1 Å². The minimum Gasteiger partial charge on any atom is -0.460 e. The van der Waals surface area contributed by atoms with E-state index in [1.807, 2.05) is 39.8 Å². The van der Waals surface area contributed by atoms with Crippen LogP contribution in [0.15, 0.2) is 56.9 Å². The Morgan fingerprint density at radius 2 is 1.33 bits per heavy atom. The van der Waals surface area contributed by atoms with Crippen LogP contribution in [0.25, 0.3) is 0 Å². The molecule has 0 saturated carbocycles. The van der Waals surface area contributed by atoms with E-state index in [0.29, 0.717) is 35.4 Å². The van der Waals surface area contributed by atoms with Gasteiger partial charge in [-0.25, -0.2) is 5.10 Å². The molecule has 3 aliphatic heterocycles. The van der Waals surface area contributed by atoms with Crippen molar-refractivity contribution in [3.63, 3.8) is 0 Å². The number of hydrogen-bond donors (Lipinski definition) is 0. The minimum atomic E-state index is 0. The van der Waals surface area contributed by atoms with E-state index in [9.17, 15) is 0 Å². The number of aromatic nitrogens is 7. The Bertz CT molecular complexity index is 1310. The van der Waals surface area contributed by atoms with Gasteiger partial charge in [0.05, 0.1) is 5.69 Å². The van der Waals surface area contributed by atoms with Crippen molar-refractivity contribution in [3.8, 4) is 0 Å². The Kier molecular flexibility index (Phi) is 32.7. The van der Waals surface area contributed by atoms with Gasteiger partial charge >= 0.3 is 0 Å². The average Bonchev–Trinajstić information content (AvgIpc) is 3.85. The molecular weight excluding hydrogens is 906 g/mol. The standard InChI is InChI=1S/C11H13N.C7H10N.C6H9N2.C5H8N3.C4H7N4.4Y/c1-8(2)11-7-9-5-3-4-6-10(9)12-11;1-6(2)7-4-3-5-8-7;1-5(2)6-3-4-7-8-6;1-4(2)5-6-3-7-8-5;1-3(2)4-5-7-8-6-4;;;;/h3-6,8H,7H2,1-2H3;3,6H,4H2,1-2H3;5H,3H2,1-2H3;3-4H,1-2H3;3H,1-2H3;;;;/q;4*-1;;;;. The molecule has 3 aromatic rings. The van der Waals surface area contributed by atoms with Crippen molar-refractivity contribution < 1.29 is 131 Å². The van der Waals surface area contributed by atoms with Crippen LogP contribution in [0.2, 0.25) is 0 Å². The van der Waals surface area contributed by atoms with Crippen molar-refractivity contribution in [1.82, 2.24) is 35.8 Å². The number of nitrogens with zero attached hydrogens (tertiary/aromatic N) is 11. The summed E-state index contributed by atoms with van der Waals surface area (Å²) in [4.78, 5) is 12.5. The number of hydrogen-bond acceptors (Lipinski definition) is 9. The number of allylic oxidation sites excluding steroid dienone is 1. The summed E-state index contributed by atoms with van der Waals surface area (Å²) in [7, 11) is 0. The molecule has 0 unspecified atom stereocenters. The summed E-state index contributed by atoms with van der Waals surface area (Å²) >= 11 is 0. The first-order valence-corrected chi connectivity index (χ1v) is 15.3. The maximum atomic E-state index is 4.57. The van der Waals surface area contributed by atoms with Crippen LogP contribution in [-0.2, 0) is 137 Å². The molecule has 6 rings (SSSR count). The maximum absolute atomic E-state index is 4.57. The summed E-state index contributed by atoms with van der Waals surface area (Å²) in [6, 6.07) is 8.38. The quantitative estimate of drug-likeness (QED) is 0.262. The number of aliphatic imine (C=N–C) groups is 2. The van der Waals surface area contributed by atoms with Gasteiger partial charge in [-0.1, -0.05) is 99.8 Å². The van der Waals surface area contributed by atoms with Crippen LogP contribution in [0.5, 0.6) is 0 Å². The molecule has 0 saturated heterocycles. The number of benzene rings is 1. The molecule has 3 aliphatic rings. The second-order valence-electron chi connectivity index (χ2n) is 11.9. The van der Waals surface area contributed by atoms with Gasteiger partial charge in [-0.05, 0) is 47.5 Å². The molecule has 2 aromatic heterocycles. The summed E-state index contributed by atoms with van der Waals surface area (Å²) in [5, 5.41) is 28.8. The van der Waals surface area contributed by atoms with Gasteiger partial charge in [0.15, 0.2) is 0 Å². The van der Waals surface area contributed by atoms with Crippen LogP contribution < -0.4 is 10.1 Å². The largest absolute Gasteiger partial charge is 0.460 e. The van der Waals surface area contributed by atoms with Crippen LogP contribution in [-0.4, -0.2) is 49.1 Å². The average molecular weight is 953 g/mol. The minimum absolute atomic E-state index is 0. The van der Waals surface area contributed by atoms with Crippen LogP contribution in [0.1, 0.15) is 111 Å². The molecule has 4 radical (unpaired) electrons. The Morgan fingerprint density at radius 1 is 0.708 bits per heavy atom. The molecule has 250 valence electrons. The van der Waals surface area contributed by atoms with E-state index in [1.165, 1.54) is 29.0 Å². The predicted octanol–water partition coefficient (Wildman–Crippen LogP) is 6.62. The number of para-hydroxylation sites is 1. The zero-order chi connectivity index (χ0) is 32.5. The van der Waals surface area contributed by atoms with E-state index >= 15 is 0 Å². The van der Waals surface area contributed by atoms with E-state index in [4.69, 9.17) is 0 Å². The van der Waals surface area contributed by atoms with Crippen molar-refractivity contribution >= 4 is 29.0 Å². The van der Waals surface area contributed by atoms with E-state index in [2.05, 4.69) is 128 Å². The van der Waals surface area contributed by atoms with E-state index in [0.717, 1.165) is 30.8 Å². The van der Waals surface area contributed by atoms with Crippen LogP contribution in [0.3, 0.4) is 0 Å². The van der Waals surface area contributed by atoms with Gasteiger partial charge < -0.3 is 36.6 Å². The molecule has 15 heteroatoms. The van der Waals surface area contributed by atoms with Crippen molar-refractivity contribution in [2.24, 2.45) is 37.9 Å². The van der Waals surface area contributed by atoms with Crippen molar-refractivity contribution in [3.05, 3.63) is 60.1 Å². The van der Waals surface area contributed by atoms with Crippen LogP contribution in [0, 0.1) is 24.0 Å². The Labute approximate surface area is 388 Å². The molecule has 0 amide bonds. The molecule has 0 aliphatic carbocycles. The summed E-state index contributed by atoms with van der Waals surface area (Å²) < 4.78 is 0. The molecule has 0 fully saturated rings. The SMILES string of the molecule is CC(C)C1=NN=[C-]C1.CC(C)C1=N[C-]=CC1.CC(C)C1=Nc2ccccc2C1.CC(C)c1nnc[n-]1.CC(C)c1nnn[n-]1.[Y].[Y].[Y].[Y]. The first-order valence-electron chi connectivity index (χ1n) is 15.3. The number of rotatable bonds is 5. The summed E-state index contributed by atoms with van der Waals surface area (Å²) in [6.07, 6.45) is 11.9. The molecule has 48 heavy (non-hydrogen) atoms. The van der Waals surface area contributed by atoms with Gasteiger partial charge in [0.25, 0.3) is 0 Å². The third-order valence-electron chi connectivity index (χ3n) is 6.52. The predicted molar refractivity (Wildman–Crippen MR) is 178 cm³/mol. The second-order valence-corrected chi connectivity index (χ2v) is 11.9. The molecule has 0 bridgehead atoms. The van der Waals surface area contributed by atoms with Crippen molar-refractivity contribution in [2.75, 3.05) is 0 Å². The maximum Gasteiger partial charge on any atom is 0.0665 e. The van der Waals surface area contributed by atoms with Crippen molar-refractivity contribution in [1.29, 1.82) is 0 Å². The number of fused-ring (bicyclic) bond motifs is 1. The topological polar surface area (TPSA) is 142 Å². The summed E-state index contributed by atoms with van der Waals surface area (Å²) in [5.74, 6) is 3.99. The molecule has 11 nitrogen and oxygen atoms in total. The Balaban J connectivity index is -0.000000522. The fourth-order valence-electron chi connectivity index (χ4n) is 3.59. The molecule has 0 N–H and O–H groups in total. The second kappa shape index (κ2) is 29.8. The normalized spacial score (nSPS) is 13.0. The third-order valence-corrected chi connectivity index (χ3v) is 6.52. The monoisotopic (exact) mass is 953 g/mol. The first-order chi connectivity index (χ1) is 21.0. The van der Waals surface area contributed by atoms with Crippen molar-refractivity contribution in [2.45, 2.75) is 100 Å². The van der Waals surface area contributed by atoms with Gasteiger partial charge in [-0.3, -0.25) is 15.3 Å². The fourth-order valence-corrected chi connectivity index (χ4v) is 3.59. The zero-order valence-corrected chi connectivity index (χ0v) is 41.6. The van der Waals surface area contributed by atoms with E-state index in [1.54, 1.807) is 0 Å². The molecule has 1 aromatic carbocycles. The van der Waals surface area contributed by atoms with Gasteiger partial charge in [0, 0.05) is 155 Å². The smallest absolute Gasteiger partial charge is 0.0665 e. The zero-order valence-electron chi connectivity index (χ0n) is 30.2. The van der Waals surface area contributed by atoms with Gasteiger partial charge in [0.2, 0.25) is 0 Å².